The van der Waals surface area contributed by atoms with E-state index >= 15 is 0 Å². The van der Waals surface area contributed by atoms with E-state index in [0.29, 0.717) is 49.6 Å². The molecule has 0 aliphatic carbocycles. The molecule has 0 saturated heterocycles. The second-order valence-corrected chi connectivity index (χ2v) is 9.88. The molecule has 0 atom stereocenters. The molecule has 0 bridgehead atoms. The van der Waals surface area contributed by atoms with Gasteiger partial charge in [-0.15, -0.1) is 0 Å². The number of nitriles is 2. The maximum absolute atomic E-state index is 12.8. The van der Waals surface area contributed by atoms with Crippen LogP contribution in [0.3, 0.4) is 0 Å². The summed E-state index contributed by atoms with van der Waals surface area (Å²) in [5.41, 5.74) is 4.12. The second-order valence-electron chi connectivity index (χ2n) is 7.72. The van der Waals surface area contributed by atoms with Crippen molar-refractivity contribution in [3.8, 4) is 12.1 Å². The maximum Gasteiger partial charge on any atom is 0.238 e. The molecular formula is C23H19ClN6O2S. The number of hydrogen-bond donors (Lipinski definition) is 3. The number of nitrogens with one attached hydrogen (secondary N) is 3. The third-order valence-corrected chi connectivity index (χ3v) is 6.91. The van der Waals surface area contributed by atoms with Crippen LogP contribution >= 0.6 is 11.6 Å². The molecule has 2 aromatic carbocycles. The van der Waals surface area contributed by atoms with Gasteiger partial charge < -0.3 is 5.32 Å². The fourth-order valence-corrected chi connectivity index (χ4v) is 5.18. The molecule has 0 spiro atoms. The van der Waals surface area contributed by atoms with E-state index in [-0.39, 0.29) is 11.6 Å². The van der Waals surface area contributed by atoms with Crippen molar-refractivity contribution in [1.29, 1.82) is 10.5 Å². The Labute approximate surface area is 196 Å². The summed E-state index contributed by atoms with van der Waals surface area (Å²) < 4.78 is 28.0. The molecule has 1 aromatic heterocycles. The topological polar surface area (TPSA) is 134 Å². The number of fused-ring (bicyclic) bond motifs is 1. The predicted molar refractivity (Wildman–Crippen MR) is 126 cm³/mol. The number of benzene rings is 2. The maximum atomic E-state index is 12.8. The summed E-state index contributed by atoms with van der Waals surface area (Å²) in [6.45, 7) is 3.58. The Morgan fingerprint density at radius 2 is 1.70 bits per heavy atom. The Morgan fingerprint density at radius 1 is 1.06 bits per heavy atom. The number of hydrogen-bond acceptors (Lipinski definition) is 6. The van der Waals surface area contributed by atoms with Gasteiger partial charge in [-0.05, 0) is 49.2 Å². The van der Waals surface area contributed by atoms with Crippen LogP contribution in [0.4, 0.5) is 5.82 Å². The molecule has 3 N–H and O–H groups in total. The molecule has 3 aromatic rings. The van der Waals surface area contributed by atoms with Gasteiger partial charge in [-0.25, -0.2) is 8.42 Å². The first-order valence-electron chi connectivity index (χ1n) is 9.94. The number of allylic oxidation sites excluding steroid dienone is 4. The molecule has 10 heteroatoms. The smallest absolute Gasteiger partial charge is 0.238 e. The number of halogens is 1. The van der Waals surface area contributed by atoms with Crippen LogP contribution in [0.1, 0.15) is 30.9 Å². The van der Waals surface area contributed by atoms with Gasteiger partial charge in [-0.3, -0.25) is 9.82 Å². The van der Waals surface area contributed by atoms with Gasteiger partial charge in [0.15, 0.2) is 5.82 Å². The first-order valence-corrected chi connectivity index (χ1v) is 12.0. The quantitative estimate of drug-likeness (QED) is 0.496. The van der Waals surface area contributed by atoms with Crippen molar-refractivity contribution in [3.05, 3.63) is 81.2 Å². The van der Waals surface area contributed by atoms with Crippen LogP contribution in [0, 0.1) is 22.7 Å². The van der Waals surface area contributed by atoms with Crippen molar-refractivity contribution >= 4 is 38.3 Å². The summed E-state index contributed by atoms with van der Waals surface area (Å²) >= 11 is 5.87. The first kappa shape index (κ1) is 22.4. The van der Waals surface area contributed by atoms with Crippen LogP contribution in [-0.4, -0.2) is 18.6 Å². The number of sulfonamides is 1. The number of nitrogens with zero attached hydrogens (tertiary/aromatic N) is 3. The van der Waals surface area contributed by atoms with Gasteiger partial charge in [0, 0.05) is 21.8 Å². The molecule has 0 saturated carbocycles. The minimum atomic E-state index is -3.76. The zero-order valence-electron chi connectivity index (χ0n) is 17.8. The second kappa shape index (κ2) is 8.62. The lowest BCUT2D eigenvalue weighted by molar-refractivity contribution is 0.600. The Hall–Kier alpha value is -3.79. The van der Waals surface area contributed by atoms with Crippen molar-refractivity contribution in [2.24, 2.45) is 0 Å². The molecule has 0 unspecified atom stereocenters. The highest BCUT2D eigenvalue weighted by atomic mass is 35.5. The minimum Gasteiger partial charge on any atom is -0.361 e. The highest BCUT2D eigenvalue weighted by Gasteiger charge is 2.30. The van der Waals surface area contributed by atoms with E-state index < -0.39 is 15.9 Å². The fourth-order valence-electron chi connectivity index (χ4n) is 3.90. The van der Waals surface area contributed by atoms with Crippen molar-refractivity contribution in [2.75, 3.05) is 4.72 Å². The average Bonchev–Trinajstić information content (AvgIpc) is 3.16. The molecule has 0 fully saturated rings. The van der Waals surface area contributed by atoms with E-state index in [2.05, 4.69) is 32.4 Å². The van der Waals surface area contributed by atoms with Crippen molar-refractivity contribution in [3.63, 3.8) is 0 Å². The zero-order chi connectivity index (χ0) is 23.8. The fraction of sp³-hybridized carbons (Fsp3) is 0.174. The molecule has 0 radical (unpaired) electrons. The van der Waals surface area contributed by atoms with E-state index in [0.717, 1.165) is 0 Å². The number of rotatable bonds is 5. The van der Waals surface area contributed by atoms with Crippen LogP contribution in [0.5, 0.6) is 0 Å². The number of aromatic nitrogens is 2. The van der Waals surface area contributed by atoms with Crippen LogP contribution in [0.2, 0.25) is 5.02 Å². The zero-order valence-corrected chi connectivity index (χ0v) is 19.3. The van der Waals surface area contributed by atoms with Gasteiger partial charge in [0.1, 0.15) is 0 Å². The Kier molecular flexibility index (Phi) is 5.86. The van der Waals surface area contributed by atoms with Crippen molar-refractivity contribution in [1.82, 2.24) is 15.5 Å². The van der Waals surface area contributed by atoms with E-state index in [1.807, 2.05) is 0 Å². The SMILES string of the molecule is CC1=C(C#N)C(c2ccc3[nH]nc(NS(=O)(=O)Cc4ccc(Cl)cc4)c3c2)C(C#N)=C(C)N1. The van der Waals surface area contributed by atoms with Gasteiger partial charge in [0.05, 0.1) is 40.5 Å². The highest BCUT2D eigenvalue weighted by Crippen LogP contribution is 2.38. The predicted octanol–water partition coefficient (Wildman–Crippen LogP) is 4.44. The molecule has 1 aliphatic heterocycles. The van der Waals surface area contributed by atoms with E-state index in [1.54, 1.807) is 56.3 Å². The first-order chi connectivity index (χ1) is 15.7. The number of aromatic amines is 1. The molecule has 4 rings (SSSR count). The molecule has 2 heterocycles. The molecule has 33 heavy (non-hydrogen) atoms. The van der Waals surface area contributed by atoms with Crippen LogP contribution in [0.25, 0.3) is 10.9 Å². The highest BCUT2D eigenvalue weighted by molar-refractivity contribution is 7.91. The Bertz CT molecular complexity index is 1470. The number of anilines is 1. The van der Waals surface area contributed by atoms with Crippen LogP contribution in [-0.2, 0) is 15.8 Å². The van der Waals surface area contributed by atoms with Gasteiger partial charge in [0.25, 0.3) is 0 Å². The van der Waals surface area contributed by atoms with Gasteiger partial charge in [-0.1, -0.05) is 29.8 Å². The Morgan fingerprint density at radius 3 is 2.30 bits per heavy atom. The van der Waals surface area contributed by atoms with E-state index in [1.165, 1.54) is 0 Å². The third-order valence-electron chi connectivity index (χ3n) is 5.44. The third kappa shape index (κ3) is 4.42. The van der Waals surface area contributed by atoms with Gasteiger partial charge in [-0.2, -0.15) is 15.6 Å². The lowest BCUT2D eigenvalue weighted by Crippen LogP contribution is -2.23. The van der Waals surface area contributed by atoms with Crippen molar-refractivity contribution < 1.29 is 8.42 Å². The summed E-state index contributed by atoms with van der Waals surface area (Å²) in [6.07, 6.45) is 0. The Balaban J connectivity index is 1.72. The van der Waals surface area contributed by atoms with Crippen molar-refractivity contribution in [2.45, 2.75) is 25.5 Å². The molecular weight excluding hydrogens is 460 g/mol. The summed E-state index contributed by atoms with van der Waals surface area (Å²) in [5, 5.41) is 30.6. The van der Waals surface area contributed by atoms with Crippen LogP contribution < -0.4 is 10.0 Å². The number of H-pyrrole nitrogens is 1. The molecule has 166 valence electrons. The monoisotopic (exact) mass is 478 g/mol. The minimum absolute atomic E-state index is 0.146. The van der Waals surface area contributed by atoms with E-state index in [9.17, 15) is 18.9 Å². The lowest BCUT2D eigenvalue weighted by Gasteiger charge is -2.26. The lowest BCUT2D eigenvalue weighted by atomic mass is 9.81. The van der Waals surface area contributed by atoms with E-state index in [4.69, 9.17) is 11.6 Å². The summed E-state index contributed by atoms with van der Waals surface area (Å²) in [4.78, 5) is 0. The molecule has 1 aliphatic rings. The molecule has 0 amide bonds. The summed E-state index contributed by atoms with van der Waals surface area (Å²) in [6, 6.07) is 16.3. The van der Waals surface area contributed by atoms with Crippen LogP contribution in [0.15, 0.2) is 65.0 Å². The number of dihydropyridines is 1. The summed E-state index contributed by atoms with van der Waals surface area (Å²) in [7, 11) is -3.76. The van der Waals surface area contributed by atoms with Gasteiger partial charge >= 0.3 is 0 Å². The average molecular weight is 479 g/mol. The standard InChI is InChI=1S/C23H19ClN6O2S/c1-13-19(10-25)22(20(11-26)14(2)27-13)16-5-8-21-18(9-16)23(29-28-21)30-33(31,32)12-15-3-6-17(24)7-4-15/h3-9,22,27H,12H2,1-2H3,(H2,28,29,30). The van der Waals surface area contributed by atoms with Gasteiger partial charge in [0.2, 0.25) is 10.0 Å². The largest absolute Gasteiger partial charge is 0.361 e. The normalized spacial score (nSPS) is 14.7. The summed E-state index contributed by atoms with van der Waals surface area (Å²) in [5.74, 6) is -0.652. The molecule has 8 nitrogen and oxygen atoms in total.